The number of ether oxygens (including phenoxy) is 1. The fraction of sp³-hybridized carbons (Fsp3) is 0.421. The molecule has 8 nitrogen and oxygen atoms in total. The molecule has 0 aliphatic rings. The lowest BCUT2D eigenvalue weighted by Crippen LogP contribution is -2.43. The van der Waals surface area contributed by atoms with Gasteiger partial charge in [-0.1, -0.05) is 43.8 Å². The van der Waals surface area contributed by atoms with E-state index in [-0.39, 0.29) is 17.6 Å². The van der Waals surface area contributed by atoms with Gasteiger partial charge in [-0.05, 0) is 18.4 Å². The van der Waals surface area contributed by atoms with Crippen molar-refractivity contribution in [3.8, 4) is 0 Å². The van der Waals surface area contributed by atoms with Crippen molar-refractivity contribution < 1.29 is 14.3 Å². The van der Waals surface area contributed by atoms with Crippen LogP contribution in [0.15, 0.2) is 29.4 Å². The predicted octanol–water partition coefficient (Wildman–Crippen LogP) is 2.31. The number of para-hydroxylation sites is 1. The first-order valence-electron chi connectivity index (χ1n) is 8.98. The molecule has 0 bridgehead atoms. The largest absolute Gasteiger partial charge is 0.467 e. The quantitative estimate of drug-likeness (QED) is 0.479. The molecule has 0 fully saturated rings. The second-order valence-electron chi connectivity index (χ2n) is 6.90. The summed E-state index contributed by atoms with van der Waals surface area (Å²) in [6.45, 7) is 3.96. The summed E-state index contributed by atoms with van der Waals surface area (Å²) in [5.74, 6) is -0.384. The zero-order chi connectivity index (χ0) is 20.3. The average molecular weight is 401 g/mol. The molecule has 0 radical (unpaired) electrons. The first kappa shape index (κ1) is 20.1. The van der Waals surface area contributed by atoms with Gasteiger partial charge in [0.1, 0.15) is 11.6 Å². The van der Waals surface area contributed by atoms with Crippen molar-refractivity contribution in [2.45, 2.75) is 31.5 Å². The molecular formula is C19H23N5O3S. The number of esters is 1. The molecule has 3 aromatic rings. The standard InChI is InChI=1S/C19H23N5O3S/c1-11(2)9-13(18(26)27-4)20-15(25)10-28-19-21-17-16(22-23-19)12-7-5-6-8-14(12)24(17)3/h5-8,11,13H,9-10H2,1-4H3,(H,20,25)/t13-/m1/s1. The molecule has 1 atom stereocenters. The predicted molar refractivity (Wildman–Crippen MR) is 108 cm³/mol. The molecule has 1 N–H and O–H groups in total. The third-order valence-electron chi connectivity index (χ3n) is 4.35. The smallest absolute Gasteiger partial charge is 0.328 e. The molecule has 3 rings (SSSR count). The van der Waals surface area contributed by atoms with Gasteiger partial charge < -0.3 is 14.6 Å². The number of amides is 1. The fourth-order valence-corrected chi connectivity index (χ4v) is 3.64. The number of nitrogens with zero attached hydrogens (tertiary/aromatic N) is 4. The Labute approximate surface area is 167 Å². The Morgan fingerprint density at radius 3 is 2.71 bits per heavy atom. The molecule has 2 aromatic heterocycles. The van der Waals surface area contributed by atoms with Crippen LogP contribution in [0.2, 0.25) is 0 Å². The summed E-state index contributed by atoms with van der Waals surface area (Å²) in [5, 5.41) is 12.6. The van der Waals surface area contributed by atoms with Crippen molar-refractivity contribution in [1.82, 2.24) is 25.1 Å². The van der Waals surface area contributed by atoms with Crippen molar-refractivity contribution in [2.75, 3.05) is 12.9 Å². The highest BCUT2D eigenvalue weighted by Crippen LogP contribution is 2.25. The summed E-state index contributed by atoms with van der Waals surface area (Å²) in [6.07, 6.45) is 0.517. The van der Waals surface area contributed by atoms with Crippen LogP contribution < -0.4 is 5.32 Å². The number of aromatic nitrogens is 4. The summed E-state index contributed by atoms with van der Waals surface area (Å²) in [4.78, 5) is 28.7. The van der Waals surface area contributed by atoms with E-state index in [1.54, 1.807) is 0 Å². The summed E-state index contributed by atoms with van der Waals surface area (Å²) in [7, 11) is 3.24. The topological polar surface area (TPSA) is 99.0 Å². The minimum atomic E-state index is -0.655. The Morgan fingerprint density at radius 2 is 2.00 bits per heavy atom. The third kappa shape index (κ3) is 4.24. The van der Waals surface area contributed by atoms with Crippen molar-refractivity contribution in [1.29, 1.82) is 0 Å². The van der Waals surface area contributed by atoms with E-state index in [4.69, 9.17) is 4.74 Å². The van der Waals surface area contributed by atoms with E-state index in [0.717, 1.165) is 16.4 Å². The minimum absolute atomic E-state index is 0.0860. The first-order valence-corrected chi connectivity index (χ1v) is 9.97. The third-order valence-corrected chi connectivity index (χ3v) is 5.19. The number of carbonyl (C=O) groups is 2. The van der Waals surface area contributed by atoms with Gasteiger partial charge >= 0.3 is 5.97 Å². The Bertz CT molecular complexity index is 1020. The number of hydrogen-bond acceptors (Lipinski definition) is 7. The van der Waals surface area contributed by atoms with Crippen molar-refractivity contribution in [2.24, 2.45) is 13.0 Å². The molecular weight excluding hydrogens is 378 g/mol. The van der Waals surface area contributed by atoms with Crippen LogP contribution in [0, 0.1) is 5.92 Å². The van der Waals surface area contributed by atoms with Crippen LogP contribution in [-0.2, 0) is 21.4 Å². The summed E-state index contributed by atoms with van der Waals surface area (Å²) >= 11 is 1.18. The first-order chi connectivity index (χ1) is 13.4. The van der Waals surface area contributed by atoms with Crippen molar-refractivity contribution >= 4 is 45.7 Å². The molecule has 0 spiro atoms. The average Bonchev–Trinajstić information content (AvgIpc) is 2.97. The summed E-state index contributed by atoms with van der Waals surface area (Å²) < 4.78 is 6.73. The number of aryl methyl sites for hydroxylation is 1. The molecule has 1 aromatic carbocycles. The Hall–Kier alpha value is -2.68. The normalized spacial score (nSPS) is 12.5. The van der Waals surface area contributed by atoms with Gasteiger partial charge in [-0.15, -0.1) is 10.2 Å². The van der Waals surface area contributed by atoms with E-state index < -0.39 is 12.0 Å². The highest BCUT2D eigenvalue weighted by atomic mass is 32.2. The number of hydrogen-bond donors (Lipinski definition) is 1. The van der Waals surface area contributed by atoms with Crippen LogP contribution in [0.4, 0.5) is 0 Å². The highest BCUT2D eigenvalue weighted by molar-refractivity contribution is 7.99. The second kappa shape index (κ2) is 8.55. The number of thioether (sulfide) groups is 1. The van der Waals surface area contributed by atoms with Crippen LogP contribution in [0.5, 0.6) is 0 Å². The number of carbonyl (C=O) groups excluding carboxylic acids is 2. The number of nitrogens with one attached hydrogen (secondary N) is 1. The van der Waals surface area contributed by atoms with E-state index in [1.807, 2.05) is 49.7 Å². The molecule has 0 aliphatic heterocycles. The van der Waals surface area contributed by atoms with Gasteiger partial charge in [0.15, 0.2) is 5.65 Å². The molecule has 0 aliphatic carbocycles. The van der Waals surface area contributed by atoms with Gasteiger partial charge in [-0.3, -0.25) is 4.79 Å². The van der Waals surface area contributed by atoms with Gasteiger partial charge in [0.25, 0.3) is 0 Å². The van der Waals surface area contributed by atoms with Crippen LogP contribution >= 0.6 is 11.8 Å². The summed E-state index contributed by atoms with van der Waals surface area (Å²) in [5.41, 5.74) is 2.47. The number of fused-ring (bicyclic) bond motifs is 3. The number of benzene rings is 1. The zero-order valence-corrected chi connectivity index (χ0v) is 17.1. The van der Waals surface area contributed by atoms with Crippen LogP contribution in [-0.4, -0.2) is 50.5 Å². The van der Waals surface area contributed by atoms with E-state index >= 15 is 0 Å². The molecule has 1 amide bonds. The van der Waals surface area contributed by atoms with E-state index in [2.05, 4.69) is 20.5 Å². The monoisotopic (exact) mass is 401 g/mol. The zero-order valence-electron chi connectivity index (χ0n) is 16.3. The fourth-order valence-electron chi connectivity index (χ4n) is 3.05. The van der Waals surface area contributed by atoms with Crippen LogP contribution in [0.1, 0.15) is 20.3 Å². The van der Waals surface area contributed by atoms with Crippen molar-refractivity contribution in [3.05, 3.63) is 24.3 Å². The number of methoxy groups -OCH3 is 1. The second-order valence-corrected chi connectivity index (χ2v) is 7.85. The van der Waals surface area contributed by atoms with E-state index in [9.17, 15) is 9.59 Å². The SMILES string of the molecule is COC(=O)[C@@H](CC(C)C)NC(=O)CSc1nnc2c3ccccc3n(C)c2n1. The van der Waals surface area contributed by atoms with Gasteiger partial charge in [0.2, 0.25) is 11.1 Å². The lowest BCUT2D eigenvalue weighted by atomic mass is 10.0. The maximum absolute atomic E-state index is 12.3. The Kier molecular flexibility index (Phi) is 6.13. The maximum atomic E-state index is 12.3. The molecule has 0 saturated heterocycles. The van der Waals surface area contributed by atoms with E-state index in [1.165, 1.54) is 18.9 Å². The van der Waals surface area contributed by atoms with Gasteiger partial charge in [0, 0.05) is 12.4 Å². The van der Waals surface area contributed by atoms with Gasteiger partial charge in [0.05, 0.1) is 18.4 Å². The van der Waals surface area contributed by atoms with Gasteiger partial charge in [-0.2, -0.15) is 0 Å². The molecule has 148 valence electrons. The van der Waals surface area contributed by atoms with Crippen LogP contribution in [0.25, 0.3) is 22.1 Å². The minimum Gasteiger partial charge on any atom is -0.467 e. The Balaban J connectivity index is 1.70. The number of rotatable bonds is 7. The molecule has 9 heteroatoms. The molecule has 28 heavy (non-hydrogen) atoms. The highest BCUT2D eigenvalue weighted by Gasteiger charge is 2.23. The van der Waals surface area contributed by atoms with Crippen molar-refractivity contribution in [3.63, 3.8) is 0 Å². The lowest BCUT2D eigenvalue weighted by molar-refractivity contribution is -0.145. The van der Waals surface area contributed by atoms with Crippen LogP contribution in [0.3, 0.4) is 0 Å². The van der Waals surface area contributed by atoms with Gasteiger partial charge in [-0.25, -0.2) is 9.78 Å². The lowest BCUT2D eigenvalue weighted by Gasteiger charge is -2.18. The molecule has 0 saturated carbocycles. The Morgan fingerprint density at radius 1 is 1.25 bits per heavy atom. The maximum Gasteiger partial charge on any atom is 0.328 e. The summed E-state index contributed by atoms with van der Waals surface area (Å²) in [6, 6.07) is 7.24. The molecule has 0 unspecified atom stereocenters. The molecule has 2 heterocycles. The van der Waals surface area contributed by atoms with E-state index in [0.29, 0.717) is 17.2 Å².